The predicted octanol–water partition coefficient (Wildman–Crippen LogP) is 5.04. The Morgan fingerprint density at radius 2 is 1.52 bits per heavy atom. The van der Waals surface area contributed by atoms with Crippen molar-refractivity contribution in [3.63, 3.8) is 0 Å². The molecule has 0 N–H and O–H groups in total. The second kappa shape index (κ2) is 4.93. The van der Waals surface area contributed by atoms with Crippen molar-refractivity contribution in [2.75, 3.05) is 13.3 Å². The smallest absolute Gasteiger partial charge is 0.146 e. The molecule has 122 valence electrons. The SMILES string of the molecule is CP(C)(=O)c1ccc2c(c1)c1ccccc1n1c3ccccc3nc21. The molecule has 0 amide bonds. The summed E-state index contributed by atoms with van der Waals surface area (Å²) in [5.41, 5.74) is 4.17. The van der Waals surface area contributed by atoms with Gasteiger partial charge in [0.1, 0.15) is 12.8 Å². The average Bonchev–Trinajstić information content (AvgIpc) is 3.00. The number of para-hydroxylation sites is 3. The summed E-state index contributed by atoms with van der Waals surface area (Å²) < 4.78 is 14.8. The molecule has 0 atom stereocenters. The van der Waals surface area contributed by atoms with Crippen molar-refractivity contribution in [3.8, 4) is 0 Å². The molecule has 0 aliphatic rings. The molecule has 4 heteroatoms. The van der Waals surface area contributed by atoms with Crippen molar-refractivity contribution in [1.82, 2.24) is 9.38 Å². The summed E-state index contributed by atoms with van der Waals surface area (Å²) in [5.74, 6) is 0. The number of pyridine rings is 1. The highest BCUT2D eigenvalue weighted by Gasteiger charge is 2.16. The Morgan fingerprint density at radius 1 is 0.800 bits per heavy atom. The predicted molar refractivity (Wildman–Crippen MR) is 107 cm³/mol. The van der Waals surface area contributed by atoms with Gasteiger partial charge < -0.3 is 4.57 Å². The molecule has 0 aliphatic carbocycles. The van der Waals surface area contributed by atoms with Crippen molar-refractivity contribution in [3.05, 3.63) is 66.7 Å². The molecule has 2 aromatic heterocycles. The van der Waals surface area contributed by atoms with E-state index in [-0.39, 0.29) is 0 Å². The van der Waals surface area contributed by atoms with Gasteiger partial charge in [-0.1, -0.05) is 36.4 Å². The summed E-state index contributed by atoms with van der Waals surface area (Å²) in [4.78, 5) is 4.88. The maximum absolute atomic E-state index is 12.6. The summed E-state index contributed by atoms with van der Waals surface area (Å²) >= 11 is 0. The highest BCUT2D eigenvalue weighted by molar-refractivity contribution is 7.70. The normalized spacial score (nSPS) is 12.6. The molecule has 0 saturated carbocycles. The Kier molecular flexibility index (Phi) is 2.90. The molecule has 0 saturated heterocycles. The Morgan fingerprint density at radius 3 is 2.32 bits per heavy atom. The molecule has 0 fully saturated rings. The first kappa shape index (κ1) is 14.7. The van der Waals surface area contributed by atoms with Crippen molar-refractivity contribution >= 4 is 50.8 Å². The van der Waals surface area contributed by atoms with E-state index in [0.29, 0.717) is 0 Å². The molecule has 25 heavy (non-hydrogen) atoms. The van der Waals surface area contributed by atoms with Crippen LogP contribution in [0.1, 0.15) is 0 Å². The van der Waals surface area contributed by atoms with E-state index in [1.807, 2.05) is 37.6 Å². The molecule has 0 spiro atoms. The van der Waals surface area contributed by atoms with Crippen LogP contribution in [0, 0.1) is 0 Å². The molecule has 0 aliphatic heterocycles. The maximum atomic E-state index is 12.6. The zero-order valence-corrected chi connectivity index (χ0v) is 15.0. The summed E-state index contributed by atoms with van der Waals surface area (Å²) in [6, 6.07) is 22.7. The van der Waals surface area contributed by atoms with Crippen LogP contribution in [-0.2, 0) is 4.57 Å². The van der Waals surface area contributed by atoms with Crippen LogP contribution in [0.5, 0.6) is 0 Å². The van der Waals surface area contributed by atoms with Gasteiger partial charge in [-0.25, -0.2) is 4.98 Å². The first-order valence-electron chi connectivity index (χ1n) is 8.31. The largest absolute Gasteiger partial charge is 0.319 e. The minimum absolute atomic E-state index is 0.908. The second-order valence-corrected chi connectivity index (χ2v) is 10.1. The topological polar surface area (TPSA) is 34.4 Å². The number of benzene rings is 3. The number of fused-ring (bicyclic) bond motifs is 8. The quantitative estimate of drug-likeness (QED) is 0.315. The fourth-order valence-corrected chi connectivity index (χ4v) is 4.51. The van der Waals surface area contributed by atoms with Gasteiger partial charge in [0.2, 0.25) is 0 Å². The Hall–Kier alpha value is -2.64. The number of nitrogens with zero attached hydrogens (tertiary/aromatic N) is 2. The molecular weight excluding hydrogens is 327 g/mol. The molecule has 3 nitrogen and oxygen atoms in total. The monoisotopic (exact) mass is 344 g/mol. The molecule has 0 radical (unpaired) electrons. The van der Waals surface area contributed by atoms with Crippen LogP contribution in [0.2, 0.25) is 0 Å². The molecule has 5 rings (SSSR count). The number of hydrogen-bond donors (Lipinski definition) is 0. The minimum Gasteiger partial charge on any atom is -0.319 e. The van der Waals surface area contributed by atoms with Gasteiger partial charge in [-0.2, -0.15) is 0 Å². The fraction of sp³-hybridized carbons (Fsp3) is 0.0952. The van der Waals surface area contributed by atoms with Crippen LogP contribution in [0.15, 0.2) is 66.7 Å². The summed E-state index contributed by atoms with van der Waals surface area (Å²) in [7, 11) is -2.32. The van der Waals surface area contributed by atoms with Crippen LogP contribution in [0.4, 0.5) is 0 Å². The zero-order chi connectivity index (χ0) is 17.2. The average molecular weight is 344 g/mol. The van der Waals surface area contributed by atoms with Gasteiger partial charge in [0.05, 0.1) is 16.6 Å². The van der Waals surface area contributed by atoms with Gasteiger partial charge in [0, 0.05) is 16.1 Å². The number of rotatable bonds is 1. The zero-order valence-electron chi connectivity index (χ0n) is 14.1. The highest BCUT2D eigenvalue weighted by atomic mass is 31.2. The molecule has 5 aromatic rings. The van der Waals surface area contributed by atoms with E-state index < -0.39 is 7.14 Å². The van der Waals surface area contributed by atoms with E-state index >= 15 is 0 Å². The van der Waals surface area contributed by atoms with E-state index in [4.69, 9.17) is 4.98 Å². The van der Waals surface area contributed by atoms with Crippen molar-refractivity contribution in [1.29, 1.82) is 0 Å². The van der Waals surface area contributed by atoms with Crippen molar-refractivity contribution < 1.29 is 4.57 Å². The fourth-order valence-electron chi connectivity index (χ4n) is 3.63. The number of hydrogen-bond acceptors (Lipinski definition) is 2. The van der Waals surface area contributed by atoms with Crippen LogP contribution in [0.3, 0.4) is 0 Å². The Balaban J connectivity index is 2.10. The van der Waals surface area contributed by atoms with Crippen LogP contribution in [0.25, 0.3) is 38.4 Å². The third kappa shape index (κ3) is 2.06. The number of aromatic nitrogens is 2. The van der Waals surface area contributed by atoms with Gasteiger partial charge in [0.25, 0.3) is 0 Å². The summed E-state index contributed by atoms with van der Waals surface area (Å²) in [6.45, 7) is 3.64. The molecule has 3 aromatic carbocycles. The molecule has 0 bridgehead atoms. The lowest BCUT2D eigenvalue weighted by molar-refractivity contribution is 0.588. The van der Waals surface area contributed by atoms with Crippen LogP contribution >= 0.6 is 7.14 Å². The van der Waals surface area contributed by atoms with Crippen LogP contribution < -0.4 is 5.30 Å². The Labute approximate surface area is 145 Å². The first-order chi connectivity index (χ1) is 12.0. The lowest BCUT2D eigenvalue weighted by Gasteiger charge is -2.12. The first-order valence-corrected chi connectivity index (χ1v) is 10.9. The van der Waals surface area contributed by atoms with Crippen LogP contribution in [-0.4, -0.2) is 22.7 Å². The van der Waals surface area contributed by atoms with Gasteiger partial charge in [0.15, 0.2) is 0 Å². The van der Waals surface area contributed by atoms with E-state index in [1.165, 1.54) is 0 Å². The summed E-state index contributed by atoms with van der Waals surface area (Å²) in [6.07, 6.45) is 0. The van der Waals surface area contributed by atoms with E-state index in [2.05, 4.69) is 46.9 Å². The molecule has 2 heterocycles. The highest BCUT2D eigenvalue weighted by Crippen LogP contribution is 2.38. The summed E-state index contributed by atoms with van der Waals surface area (Å²) in [5, 5.41) is 4.26. The Bertz CT molecular complexity index is 1340. The van der Waals surface area contributed by atoms with Gasteiger partial charge in [-0.05, 0) is 49.0 Å². The van der Waals surface area contributed by atoms with E-state index in [0.717, 1.165) is 43.7 Å². The maximum Gasteiger partial charge on any atom is 0.146 e. The minimum atomic E-state index is -2.32. The van der Waals surface area contributed by atoms with Crippen molar-refractivity contribution in [2.45, 2.75) is 0 Å². The third-order valence-electron chi connectivity index (χ3n) is 4.86. The van der Waals surface area contributed by atoms with Gasteiger partial charge in [-0.3, -0.25) is 4.40 Å². The van der Waals surface area contributed by atoms with Crippen molar-refractivity contribution in [2.24, 2.45) is 0 Å². The van der Waals surface area contributed by atoms with E-state index in [1.54, 1.807) is 0 Å². The standard InChI is InChI=1S/C21H17N2OP/c1-25(2,24)14-11-12-16-17(13-14)15-7-3-5-9-19(15)23-20-10-6-4-8-18(20)22-21(16)23/h3-13H,1-2H3. The lowest BCUT2D eigenvalue weighted by atomic mass is 10.1. The molecule has 0 unspecified atom stereocenters. The van der Waals surface area contributed by atoms with Gasteiger partial charge >= 0.3 is 0 Å². The molecular formula is C21H17N2OP. The van der Waals surface area contributed by atoms with Gasteiger partial charge in [-0.15, -0.1) is 0 Å². The number of imidazole rings is 1. The second-order valence-electron chi connectivity index (χ2n) is 6.86. The lowest BCUT2D eigenvalue weighted by Crippen LogP contribution is -2.03. The van der Waals surface area contributed by atoms with E-state index in [9.17, 15) is 4.57 Å². The third-order valence-corrected chi connectivity index (χ3v) is 6.38.